The van der Waals surface area contributed by atoms with Crippen molar-refractivity contribution in [3.63, 3.8) is 0 Å². The third-order valence-corrected chi connectivity index (χ3v) is 4.95. The third-order valence-electron chi connectivity index (χ3n) is 4.95. The van der Waals surface area contributed by atoms with Crippen LogP contribution in [0.5, 0.6) is 5.75 Å². The van der Waals surface area contributed by atoms with Gasteiger partial charge >= 0.3 is 0 Å². The fourth-order valence-electron chi connectivity index (χ4n) is 3.53. The van der Waals surface area contributed by atoms with Crippen LogP contribution in [-0.2, 0) is 17.8 Å². The highest BCUT2D eigenvalue weighted by Crippen LogP contribution is 2.29. The molecule has 0 bridgehead atoms. The first-order valence-corrected chi connectivity index (χ1v) is 9.35. The molecule has 8 nitrogen and oxygen atoms in total. The molecule has 0 unspecified atom stereocenters. The fraction of sp³-hybridized carbons (Fsp3) is 0.400. The van der Waals surface area contributed by atoms with Crippen LogP contribution in [-0.4, -0.2) is 64.6 Å². The number of nitrogens with zero attached hydrogens (tertiary/aromatic N) is 4. The van der Waals surface area contributed by atoms with Crippen LogP contribution in [0.15, 0.2) is 30.5 Å². The second-order valence-electron chi connectivity index (χ2n) is 6.61. The maximum absolute atomic E-state index is 9.77. The maximum atomic E-state index is 9.77. The van der Waals surface area contributed by atoms with E-state index in [1.54, 1.807) is 7.11 Å². The zero-order valence-corrected chi connectivity index (χ0v) is 15.8. The van der Waals surface area contributed by atoms with Crippen LogP contribution in [0.2, 0.25) is 0 Å². The minimum Gasteiger partial charge on any atom is -0.497 e. The smallest absolute Gasteiger partial charge is 0.180 e. The zero-order chi connectivity index (χ0) is 19.5. The molecule has 2 aromatic heterocycles. The van der Waals surface area contributed by atoms with Gasteiger partial charge in [-0.15, -0.1) is 0 Å². The van der Waals surface area contributed by atoms with Crippen LogP contribution in [0.25, 0.3) is 16.9 Å². The molecule has 1 aliphatic rings. The summed E-state index contributed by atoms with van der Waals surface area (Å²) in [4.78, 5) is 11.7. The highest BCUT2D eigenvalue weighted by atomic mass is 16.5. The Morgan fingerprint density at radius 1 is 1.18 bits per heavy atom. The summed E-state index contributed by atoms with van der Waals surface area (Å²) in [6.45, 7) is 2.50. The van der Waals surface area contributed by atoms with Gasteiger partial charge in [0.25, 0.3) is 0 Å². The summed E-state index contributed by atoms with van der Waals surface area (Å²) in [5.74, 6) is 1.51. The molecule has 3 heterocycles. The van der Waals surface area contributed by atoms with Gasteiger partial charge in [0.2, 0.25) is 0 Å². The van der Waals surface area contributed by atoms with Gasteiger partial charge in [0, 0.05) is 37.9 Å². The van der Waals surface area contributed by atoms with Gasteiger partial charge in [-0.3, -0.25) is 4.40 Å². The molecule has 1 fully saturated rings. The first-order chi connectivity index (χ1) is 13.7. The average Bonchev–Trinajstić information content (AvgIpc) is 3.11. The Morgan fingerprint density at radius 3 is 2.71 bits per heavy atom. The third kappa shape index (κ3) is 3.42. The van der Waals surface area contributed by atoms with Gasteiger partial charge in [-0.05, 0) is 12.1 Å². The number of benzene rings is 1. The number of ether oxygens (including phenoxy) is 2. The fourth-order valence-corrected chi connectivity index (χ4v) is 3.53. The second-order valence-corrected chi connectivity index (χ2v) is 6.61. The topological polar surface area (TPSA) is 92.4 Å². The molecule has 0 saturated carbocycles. The number of fused-ring (bicyclic) bond motifs is 1. The second kappa shape index (κ2) is 8.14. The first-order valence-electron chi connectivity index (χ1n) is 9.35. The summed E-state index contributed by atoms with van der Waals surface area (Å²) in [6, 6.07) is 7.74. The van der Waals surface area contributed by atoms with Crippen LogP contribution in [0.1, 0.15) is 11.4 Å². The summed E-state index contributed by atoms with van der Waals surface area (Å²) >= 11 is 0. The normalized spacial score (nSPS) is 14.6. The Hall–Kier alpha value is -2.68. The molecule has 1 aromatic carbocycles. The van der Waals surface area contributed by atoms with Crippen molar-refractivity contribution in [2.24, 2.45) is 0 Å². The molecule has 3 aromatic rings. The van der Waals surface area contributed by atoms with E-state index in [0.29, 0.717) is 31.0 Å². The predicted octanol–water partition coefficient (Wildman–Crippen LogP) is 1.27. The number of rotatable bonds is 6. The Morgan fingerprint density at radius 2 is 2.00 bits per heavy atom. The number of aliphatic hydroxyl groups is 2. The lowest BCUT2D eigenvalue weighted by molar-refractivity contribution is 0.122. The molecular formula is C20H24N4O4. The quantitative estimate of drug-likeness (QED) is 0.661. The Labute approximate surface area is 163 Å². The van der Waals surface area contributed by atoms with Gasteiger partial charge in [-0.2, -0.15) is 0 Å². The number of morpholine rings is 1. The Kier molecular flexibility index (Phi) is 5.43. The molecule has 0 atom stereocenters. The minimum absolute atomic E-state index is 0.0233. The Balaban J connectivity index is 1.93. The van der Waals surface area contributed by atoms with Crippen molar-refractivity contribution in [3.05, 3.63) is 41.9 Å². The van der Waals surface area contributed by atoms with Gasteiger partial charge in [0.1, 0.15) is 5.75 Å². The summed E-state index contributed by atoms with van der Waals surface area (Å²) in [5.41, 5.74) is 3.73. The molecular weight excluding hydrogens is 360 g/mol. The van der Waals surface area contributed by atoms with E-state index in [2.05, 4.69) is 9.88 Å². The molecule has 148 valence electrons. The van der Waals surface area contributed by atoms with E-state index in [0.717, 1.165) is 41.6 Å². The van der Waals surface area contributed by atoms with Gasteiger partial charge < -0.3 is 24.6 Å². The predicted molar refractivity (Wildman–Crippen MR) is 105 cm³/mol. The molecule has 4 rings (SSSR count). The SMILES string of the molecule is COc1cccc(-c2cn3c(CCO)c(CO)nc3c(N3CCOCC3)n2)c1. The van der Waals surface area contributed by atoms with E-state index in [4.69, 9.17) is 14.5 Å². The van der Waals surface area contributed by atoms with Crippen LogP contribution in [0.3, 0.4) is 0 Å². The molecule has 0 radical (unpaired) electrons. The van der Waals surface area contributed by atoms with E-state index in [9.17, 15) is 10.2 Å². The van der Waals surface area contributed by atoms with Crippen molar-refractivity contribution >= 4 is 11.5 Å². The molecule has 0 amide bonds. The van der Waals surface area contributed by atoms with Crippen LogP contribution in [0, 0.1) is 0 Å². The summed E-state index contributed by atoms with van der Waals surface area (Å²) < 4.78 is 12.8. The lowest BCUT2D eigenvalue weighted by atomic mass is 10.1. The van der Waals surface area contributed by atoms with Crippen LogP contribution >= 0.6 is 0 Å². The highest BCUT2D eigenvalue weighted by molar-refractivity contribution is 5.72. The van der Waals surface area contributed by atoms with Crippen LogP contribution in [0.4, 0.5) is 5.82 Å². The summed E-state index contributed by atoms with van der Waals surface area (Å²) in [6.07, 6.45) is 2.31. The van der Waals surface area contributed by atoms with Crippen molar-refractivity contribution in [1.29, 1.82) is 0 Å². The zero-order valence-electron chi connectivity index (χ0n) is 15.8. The molecule has 1 aliphatic heterocycles. The lowest BCUT2D eigenvalue weighted by Crippen LogP contribution is -2.37. The maximum Gasteiger partial charge on any atom is 0.180 e. The number of hydrogen-bond acceptors (Lipinski definition) is 7. The minimum atomic E-state index is -0.186. The molecule has 0 aliphatic carbocycles. The standard InChI is InChI=1S/C20H24N4O4/c1-27-15-4-2-3-14(11-15)16-12-24-18(5-8-25)17(13-26)22-20(24)19(21-16)23-6-9-28-10-7-23/h2-4,11-12,25-26H,5-10,13H2,1H3. The van der Waals surface area contributed by atoms with Crippen molar-refractivity contribution in [2.45, 2.75) is 13.0 Å². The Bertz CT molecular complexity index is 966. The van der Waals surface area contributed by atoms with Gasteiger partial charge in [-0.1, -0.05) is 12.1 Å². The molecule has 1 saturated heterocycles. The van der Waals surface area contributed by atoms with Crippen molar-refractivity contribution in [3.8, 4) is 17.0 Å². The first kappa shape index (κ1) is 18.7. The summed E-state index contributed by atoms with van der Waals surface area (Å²) in [7, 11) is 1.64. The van der Waals surface area contributed by atoms with Crippen molar-refractivity contribution in [2.75, 3.05) is 44.9 Å². The van der Waals surface area contributed by atoms with E-state index in [1.165, 1.54) is 0 Å². The number of aliphatic hydroxyl groups excluding tert-OH is 2. The monoisotopic (exact) mass is 384 g/mol. The molecule has 8 heteroatoms. The van der Waals surface area contributed by atoms with Gasteiger partial charge in [-0.25, -0.2) is 9.97 Å². The van der Waals surface area contributed by atoms with E-state index < -0.39 is 0 Å². The average molecular weight is 384 g/mol. The molecule has 2 N–H and O–H groups in total. The number of imidazole rings is 1. The van der Waals surface area contributed by atoms with E-state index in [1.807, 2.05) is 34.9 Å². The number of anilines is 1. The summed E-state index contributed by atoms with van der Waals surface area (Å²) in [5, 5.41) is 19.3. The lowest BCUT2D eigenvalue weighted by Gasteiger charge is -2.28. The van der Waals surface area contributed by atoms with Gasteiger partial charge in [0.15, 0.2) is 11.5 Å². The highest BCUT2D eigenvalue weighted by Gasteiger charge is 2.22. The largest absolute Gasteiger partial charge is 0.497 e. The molecule has 0 spiro atoms. The van der Waals surface area contributed by atoms with E-state index >= 15 is 0 Å². The van der Waals surface area contributed by atoms with Crippen molar-refractivity contribution in [1.82, 2.24) is 14.4 Å². The van der Waals surface area contributed by atoms with Crippen LogP contribution < -0.4 is 9.64 Å². The van der Waals surface area contributed by atoms with E-state index in [-0.39, 0.29) is 13.2 Å². The van der Waals surface area contributed by atoms with Crippen molar-refractivity contribution < 1.29 is 19.7 Å². The number of methoxy groups -OCH3 is 1. The number of aromatic nitrogens is 3. The van der Waals surface area contributed by atoms with Gasteiger partial charge in [0.05, 0.1) is 44.0 Å². The molecule has 28 heavy (non-hydrogen) atoms. The number of hydrogen-bond donors (Lipinski definition) is 2.